The van der Waals surface area contributed by atoms with E-state index in [1.807, 2.05) is 24.3 Å². The first-order valence-corrected chi connectivity index (χ1v) is 11.5. The SMILES string of the molecule is CC(C)C[C@@H]1N=C2c3ccccc3N=C(S[C@H](C)C(=O)NCc3ccc(F)cc3)N2C1=O. The van der Waals surface area contributed by atoms with Crippen LogP contribution in [0.1, 0.15) is 38.3 Å². The highest BCUT2D eigenvalue weighted by Gasteiger charge is 2.42. The van der Waals surface area contributed by atoms with Crippen LogP contribution in [-0.4, -0.2) is 39.0 Å². The Morgan fingerprint density at radius 1 is 1.16 bits per heavy atom. The van der Waals surface area contributed by atoms with E-state index in [1.54, 1.807) is 24.0 Å². The van der Waals surface area contributed by atoms with Gasteiger partial charge in [0, 0.05) is 12.1 Å². The molecular formula is C24H25FN4O2S. The molecule has 2 amide bonds. The number of para-hydroxylation sites is 1. The number of nitrogens with one attached hydrogen (secondary N) is 1. The molecule has 2 aliphatic heterocycles. The molecular weight excluding hydrogens is 427 g/mol. The topological polar surface area (TPSA) is 74.1 Å². The molecule has 0 unspecified atom stereocenters. The summed E-state index contributed by atoms with van der Waals surface area (Å²) >= 11 is 1.23. The molecule has 2 aromatic rings. The number of amidine groups is 2. The van der Waals surface area contributed by atoms with E-state index in [-0.39, 0.29) is 17.6 Å². The molecule has 0 aliphatic carbocycles. The van der Waals surface area contributed by atoms with E-state index < -0.39 is 11.3 Å². The summed E-state index contributed by atoms with van der Waals surface area (Å²) in [5, 5.41) is 2.83. The zero-order valence-electron chi connectivity index (χ0n) is 18.2. The molecule has 0 saturated carbocycles. The Labute approximate surface area is 191 Å². The number of fused-ring (bicyclic) bond motifs is 3. The quantitative estimate of drug-likeness (QED) is 0.711. The second-order valence-corrected chi connectivity index (χ2v) is 9.60. The van der Waals surface area contributed by atoms with Gasteiger partial charge in [-0.3, -0.25) is 14.6 Å². The van der Waals surface area contributed by atoms with Gasteiger partial charge in [-0.2, -0.15) is 0 Å². The molecule has 2 aliphatic rings. The Morgan fingerprint density at radius 3 is 2.59 bits per heavy atom. The predicted octanol–water partition coefficient (Wildman–Crippen LogP) is 4.27. The van der Waals surface area contributed by atoms with Crippen LogP contribution < -0.4 is 5.32 Å². The van der Waals surface area contributed by atoms with E-state index in [1.165, 1.54) is 23.9 Å². The molecule has 0 aromatic heterocycles. The fraction of sp³-hybridized carbons (Fsp3) is 0.333. The summed E-state index contributed by atoms with van der Waals surface area (Å²) in [6.45, 7) is 6.20. The van der Waals surface area contributed by atoms with Crippen LogP contribution in [0.5, 0.6) is 0 Å². The first-order valence-electron chi connectivity index (χ1n) is 10.6. The molecule has 4 rings (SSSR count). The van der Waals surface area contributed by atoms with Gasteiger partial charge in [0.05, 0.1) is 10.9 Å². The normalized spacial score (nSPS) is 18.1. The molecule has 8 heteroatoms. The second kappa shape index (κ2) is 9.24. The first-order chi connectivity index (χ1) is 15.3. The van der Waals surface area contributed by atoms with Crippen molar-refractivity contribution in [3.05, 3.63) is 65.5 Å². The van der Waals surface area contributed by atoms with Gasteiger partial charge in [-0.05, 0) is 49.1 Å². The lowest BCUT2D eigenvalue weighted by Crippen LogP contribution is -2.43. The fourth-order valence-electron chi connectivity index (χ4n) is 3.63. The number of rotatable bonds is 6. The van der Waals surface area contributed by atoms with Crippen molar-refractivity contribution in [2.75, 3.05) is 0 Å². The third kappa shape index (κ3) is 4.60. The van der Waals surface area contributed by atoms with Crippen LogP contribution in [-0.2, 0) is 16.1 Å². The molecule has 6 nitrogen and oxygen atoms in total. The Balaban J connectivity index is 1.51. The van der Waals surface area contributed by atoms with Crippen molar-refractivity contribution < 1.29 is 14.0 Å². The van der Waals surface area contributed by atoms with Crippen molar-refractivity contribution in [1.82, 2.24) is 10.2 Å². The summed E-state index contributed by atoms with van der Waals surface area (Å²) < 4.78 is 13.1. The third-order valence-corrected chi connectivity index (χ3v) is 6.33. The number of hydrogen-bond donors (Lipinski definition) is 1. The number of thioether (sulfide) groups is 1. The smallest absolute Gasteiger partial charge is 0.259 e. The molecule has 2 atom stereocenters. The summed E-state index contributed by atoms with van der Waals surface area (Å²) in [6, 6.07) is 13.1. The average molecular weight is 453 g/mol. The van der Waals surface area contributed by atoms with E-state index in [4.69, 9.17) is 4.99 Å². The highest BCUT2D eigenvalue weighted by Crippen LogP contribution is 2.35. The van der Waals surface area contributed by atoms with Gasteiger partial charge < -0.3 is 5.32 Å². The van der Waals surface area contributed by atoms with Gasteiger partial charge in [0.1, 0.15) is 17.7 Å². The maximum Gasteiger partial charge on any atom is 0.259 e. The van der Waals surface area contributed by atoms with Gasteiger partial charge >= 0.3 is 0 Å². The molecule has 0 saturated heterocycles. The Hall–Kier alpha value is -3.00. The van der Waals surface area contributed by atoms with Crippen LogP contribution >= 0.6 is 11.8 Å². The first kappa shape index (κ1) is 22.2. The minimum Gasteiger partial charge on any atom is -0.351 e. The number of amides is 2. The standard InChI is InChI=1S/C24H25FN4O2S/c1-14(2)12-20-23(31)29-21(27-20)18-6-4-5-7-19(18)28-24(29)32-15(3)22(30)26-13-16-8-10-17(25)11-9-16/h4-11,14-15,20H,12-13H2,1-3H3,(H,26,30)/t15-,20+/m1/s1. The van der Waals surface area contributed by atoms with E-state index >= 15 is 0 Å². The van der Waals surface area contributed by atoms with Gasteiger partial charge in [-0.25, -0.2) is 14.3 Å². The van der Waals surface area contributed by atoms with E-state index in [0.29, 0.717) is 29.9 Å². The lowest BCUT2D eigenvalue weighted by Gasteiger charge is -2.27. The van der Waals surface area contributed by atoms with Crippen molar-refractivity contribution >= 4 is 40.3 Å². The summed E-state index contributed by atoms with van der Waals surface area (Å²) in [5.41, 5.74) is 2.37. The van der Waals surface area contributed by atoms with Gasteiger partial charge in [-0.15, -0.1) is 0 Å². The van der Waals surface area contributed by atoms with Gasteiger partial charge in [0.15, 0.2) is 5.17 Å². The van der Waals surface area contributed by atoms with Crippen LogP contribution in [0.25, 0.3) is 0 Å². The number of aliphatic imine (C=N–C) groups is 2. The monoisotopic (exact) mass is 452 g/mol. The van der Waals surface area contributed by atoms with Crippen LogP contribution in [0.4, 0.5) is 10.1 Å². The highest BCUT2D eigenvalue weighted by atomic mass is 32.2. The van der Waals surface area contributed by atoms with Gasteiger partial charge in [0.2, 0.25) is 5.91 Å². The largest absolute Gasteiger partial charge is 0.351 e. The second-order valence-electron chi connectivity index (χ2n) is 8.29. The summed E-state index contributed by atoms with van der Waals surface area (Å²) in [5.74, 6) is 0.322. The van der Waals surface area contributed by atoms with Gasteiger partial charge in [-0.1, -0.05) is 49.9 Å². The minimum atomic E-state index is -0.488. The molecule has 2 heterocycles. The molecule has 0 spiro atoms. The minimum absolute atomic E-state index is 0.103. The summed E-state index contributed by atoms with van der Waals surface area (Å²) in [6.07, 6.45) is 0.659. The Kier molecular flexibility index (Phi) is 6.41. The zero-order valence-corrected chi connectivity index (χ0v) is 19.0. The van der Waals surface area contributed by atoms with E-state index in [9.17, 15) is 14.0 Å². The van der Waals surface area contributed by atoms with Crippen LogP contribution in [0.2, 0.25) is 0 Å². The number of hydrogen-bond acceptors (Lipinski definition) is 5. The van der Waals surface area contributed by atoms with Crippen LogP contribution in [0.3, 0.4) is 0 Å². The van der Waals surface area contributed by atoms with Crippen molar-refractivity contribution in [3.63, 3.8) is 0 Å². The molecule has 32 heavy (non-hydrogen) atoms. The summed E-state index contributed by atoms with van der Waals surface area (Å²) in [4.78, 5) is 36.8. The molecule has 2 aromatic carbocycles. The van der Waals surface area contributed by atoms with Crippen LogP contribution in [0.15, 0.2) is 58.5 Å². The van der Waals surface area contributed by atoms with Crippen LogP contribution in [0, 0.1) is 11.7 Å². The number of carbonyl (C=O) groups excluding carboxylic acids is 2. The van der Waals surface area contributed by atoms with Crippen molar-refractivity contribution in [2.45, 2.75) is 45.0 Å². The van der Waals surface area contributed by atoms with Crippen molar-refractivity contribution in [3.8, 4) is 0 Å². The van der Waals surface area contributed by atoms with Crippen molar-refractivity contribution in [1.29, 1.82) is 0 Å². The number of nitrogens with zero attached hydrogens (tertiary/aromatic N) is 3. The lowest BCUT2D eigenvalue weighted by atomic mass is 10.0. The maximum atomic E-state index is 13.2. The lowest BCUT2D eigenvalue weighted by molar-refractivity contribution is -0.125. The zero-order chi connectivity index (χ0) is 22.8. The summed E-state index contributed by atoms with van der Waals surface area (Å²) in [7, 11) is 0. The molecule has 0 radical (unpaired) electrons. The number of halogens is 1. The molecule has 0 bridgehead atoms. The fourth-order valence-corrected chi connectivity index (χ4v) is 4.57. The van der Waals surface area contributed by atoms with Gasteiger partial charge in [0.25, 0.3) is 5.91 Å². The Bertz CT molecular complexity index is 1100. The maximum absolute atomic E-state index is 13.2. The van der Waals surface area contributed by atoms with E-state index in [2.05, 4.69) is 24.2 Å². The predicted molar refractivity (Wildman–Crippen MR) is 125 cm³/mol. The molecule has 1 N–H and O–H groups in total. The highest BCUT2D eigenvalue weighted by molar-refractivity contribution is 8.15. The number of carbonyl (C=O) groups is 2. The van der Waals surface area contributed by atoms with E-state index in [0.717, 1.165) is 16.8 Å². The molecule has 166 valence electrons. The van der Waals surface area contributed by atoms with Crippen molar-refractivity contribution in [2.24, 2.45) is 15.9 Å². The average Bonchev–Trinajstić information content (AvgIpc) is 3.09. The molecule has 0 fully saturated rings. The Morgan fingerprint density at radius 2 is 1.88 bits per heavy atom. The number of benzene rings is 2. The third-order valence-electron chi connectivity index (χ3n) is 5.27.